The van der Waals surface area contributed by atoms with Crippen LogP contribution in [0.4, 0.5) is 0 Å². The molecule has 4 heterocycles. The molecule has 1 atom stereocenters. The van der Waals surface area contributed by atoms with Crippen molar-refractivity contribution >= 4 is 12.4 Å². The average Bonchev–Trinajstić information content (AvgIpc) is 3.28. The molecule has 0 saturated carbocycles. The van der Waals surface area contributed by atoms with Gasteiger partial charge in [-0.1, -0.05) is 10.3 Å². The number of likely N-dealkylation sites (N-methyl/N-ethyl adjacent to an activating group) is 1. The summed E-state index contributed by atoms with van der Waals surface area (Å²) in [5, 5.41) is 11.7. The Morgan fingerprint density at radius 3 is 2.65 bits per heavy atom. The number of aryl methyl sites for hydroxylation is 2. The van der Waals surface area contributed by atoms with Crippen LogP contribution in [0.1, 0.15) is 29.0 Å². The molecule has 8 nitrogen and oxygen atoms in total. The molecule has 0 bridgehead atoms. The molecular formula is C17H23ClN6O2. The molecule has 9 heteroatoms. The first kappa shape index (κ1) is 18.6. The van der Waals surface area contributed by atoms with Crippen LogP contribution >= 0.6 is 12.4 Å². The first-order valence-corrected chi connectivity index (χ1v) is 8.42. The van der Waals surface area contributed by atoms with Crippen molar-refractivity contribution in [2.45, 2.75) is 26.8 Å². The van der Waals surface area contributed by atoms with Gasteiger partial charge in [0.25, 0.3) is 5.89 Å². The summed E-state index contributed by atoms with van der Waals surface area (Å²) in [5.41, 5.74) is 2.96. The summed E-state index contributed by atoms with van der Waals surface area (Å²) in [6.45, 7) is 8.70. The molecule has 26 heavy (non-hydrogen) atoms. The SMILES string of the molecule is Cc1cc(-n2c(C)cc(-c3nc(C4CNCCN4C)no3)c2C)no1.Cl. The van der Waals surface area contributed by atoms with Crippen molar-refractivity contribution < 1.29 is 9.05 Å². The lowest BCUT2D eigenvalue weighted by Gasteiger charge is -2.30. The Balaban J connectivity index is 0.00000196. The number of halogens is 1. The smallest absolute Gasteiger partial charge is 0.259 e. The number of nitrogens with zero attached hydrogens (tertiary/aromatic N) is 5. The Hall–Kier alpha value is -2.16. The van der Waals surface area contributed by atoms with Gasteiger partial charge in [0.05, 0.1) is 11.6 Å². The van der Waals surface area contributed by atoms with Crippen molar-refractivity contribution in [3.63, 3.8) is 0 Å². The molecule has 1 N–H and O–H groups in total. The summed E-state index contributed by atoms with van der Waals surface area (Å²) in [7, 11) is 2.08. The number of hydrogen-bond acceptors (Lipinski definition) is 7. The minimum absolute atomic E-state index is 0. The molecule has 3 aromatic heterocycles. The van der Waals surface area contributed by atoms with Gasteiger partial charge in [-0.25, -0.2) is 0 Å². The zero-order valence-corrected chi connectivity index (χ0v) is 16.1. The van der Waals surface area contributed by atoms with Crippen LogP contribution in [-0.2, 0) is 0 Å². The van der Waals surface area contributed by atoms with Crippen LogP contribution < -0.4 is 5.32 Å². The third kappa shape index (κ3) is 3.15. The summed E-state index contributed by atoms with van der Waals surface area (Å²) in [6, 6.07) is 4.08. The number of piperazine rings is 1. The summed E-state index contributed by atoms with van der Waals surface area (Å²) in [5.74, 6) is 2.78. The highest BCUT2D eigenvalue weighted by Crippen LogP contribution is 2.29. The van der Waals surface area contributed by atoms with Crippen LogP contribution in [0.15, 0.2) is 21.2 Å². The van der Waals surface area contributed by atoms with Gasteiger partial charge in [-0.3, -0.25) is 9.47 Å². The van der Waals surface area contributed by atoms with Crippen molar-refractivity contribution in [1.29, 1.82) is 0 Å². The Morgan fingerprint density at radius 1 is 1.15 bits per heavy atom. The molecule has 0 aliphatic carbocycles. The Morgan fingerprint density at radius 2 is 1.96 bits per heavy atom. The molecule has 1 fully saturated rings. The van der Waals surface area contributed by atoms with Crippen LogP contribution in [0, 0.1) is 20.8 Å². The van der Waals surface area contributed by atoms with Gasteiger partial charge < -0.3 is 14.4 Å². The van der Waals surface area contributed by atoms with E-state index in [9.17, 15) is 0 Å². The summed E-state index contributed by atoms with van der Waals surface area (Å²) >= 11 is 0. The number of rotatable bonds is 3. The van der Waals surface area contributed by atoms with Gasteiger partial charge in [-0.15, -0.1) is 12.4 Å². The Labute approximate surface area is 157 Å². The molecule has 1 saturated heterocycles. The van der Waals surface area contributed by atoms with Crippen molar-refractivity contribution in [2.24, 2.45) is 0 Å². The highest BCUT2D eigenvalue weighted by atomic mass is 35.5. The van der Waals surface area contributed by atoms with E-state index in [1.807, 2.05) is 37.5 Å². The average molecular weight is 379 g/mol. The normalized spacial score (nSPS) is 18.1. The second-order valence-electron chi connectivity index (χ2n) is 6.57. The van der Waals surface area contributed by atoms with E-state index in [-0.39, 0.29) is 18.4 Å². The van der Waals surface area contributed by atoms with Crippen LogP contribution in [0.5, 0.6) is 0 Å². The number of nitrogens with one attached hydrogen (secondary N) is 1. The molecule has 1 aliphatic heterocycles. The monoisotopic (exact) mass is 378 g/mol. The fourth-order valence-corrected chi connectivity index (χ4v) is 3.36. The second kappa shape index (κ2) is 7.22. The fraction of sp³-hybridized carbons (Fsp3) is 0.471. The maximum atomic E-state index is 5.57. The predicted octanol–water partition coefficient (Wildman–Crippen LogP) is 2.44. The quantitative estimate of drug-likeness (QED) is 0.749. The van der Waals surface area contributed by atoms with Gasteiger partial charge >= 0.3 is 0 Å². The van der Waals surface area contributed by atoms with E-state index in [0.29, 0.717) is 11.7 Å². The van der Waals surface area contributed by atoms with E-state index in [1.54, 1.807) is 0 Å². The minimum Gasteiger partial charge on any atom is -0.360 e. The first-order chi connectivity index (χ1) is 12.0. The van der Waals surface area contributed by atoms with Crippen LogP contribution in [0.3, 0.4) is 0 Å². The van der Waals surface area contributed by atoms with Gasteiger partial charge in [0.1, 0.15) is 5.76 Å². The van der Waals surface area contributed by atoms with Crippen molar-refractivity contribution in [3.8, 4) is 17.3 Å². The van der Waals surface area contributed by atoms with Gasteiger partial charge in [0, 0.05) is 37.1 Å². The first-order valence-electron chi connectivity index (χ1n) is 8.42. The molecule has 140 valence electrons. The Bertz CT molecular complexity index is 899. The summed E-state index contributed by atoms with van der Waals surface area (Å²) in [4.78, 5) is 6.89. The lowest BCUT2D eigenvalue weighted by Crippen LogP contribution is -2.44. The molecule has 4 rings (SSSR count). The fourth-order valence-electron chi connectivity index (χ4n) is 3.36. The molecule has 0 spiro atoms. The summed E-state index contributed by atoms with van der Waals surface area (Å²) in [6.07, 6.45) is 0. The van der Waals surface area contributed by atoms with E-state index in [0.717, 1.165) is 48.2 Å². The molecule has 1 unspecified atom stereocenters. The van der Waals surface area contributed by atoms with E-state index in [1.165, 1.54) is 0 Å². The van der Waals surface area contributed by atoms with E-state index >= 15 is 0 Å². The largest absolute Gasteiger partial charge is 0.360 e. The number of hydrogen-bond donors (Lipinski definition) is 1. The Kier molecular flexibility index (Phi) is 5.17. The lowest BCUT2D eigenvalue weighted by atomic mass is 10.2. The van der Waals surface area contributed by atoms with Gasteiger partial charge in [0.15, 0.2) is 11.6 Å². The zero-order chi connectivity index (χ0) is 17.6. The second-order valence-corrected chi connectivity index (χ2v) is 6.57. The van der Waals surface area contributed by atoms with Gasteiger partial charge in [-0.05, 0) is 33.9 Å². The third-order valence-corrected chi connectivity index (χ3v) is 4.76. The standard InChI is InChI=1S/C17H22N6O2.ClH/c1-10-7-13(12(3)23(10)15-8-11(2)24-20-15)17-19-16(21-25-17)14-9-18-5-6-22(14)4;/h7-8,14,18H,5-6,9H2,1-4H3;1H. The van der Waals surface area contributed by atoms with E-state index in [2.05, 4.69) is 32.6 Å². The molecule has 0 aromatic carbocycles. The van der Waals surface area contributed by atoms with Gasteiger partial charge in [-0.2, -0.15) is 4.98 Å². The highest BCUT2D eigenvalue weighted by molar-refractivity contribution is 5.85. The van der Waals surface area contributed by atoms with E-state index < -0.39 is 0 Å². The van der Waals surface area contributed by atoms with Crippen LogP contribution in [0.2, 0.25) is 0 Å². The van der Waals surface area contributed by atoms with Crippen molar-refractivity contribution in [3.05, 3.63) is 35.1 Å². The highest BCUT2D eigenvalue weighted by Gasteiger charge is 2.26. The van der Waals surface area contributed by atoms with Crippen LogP contribution in [0.25, 0.3) is 17.3 Å². The maximum absolute atomic E-state index is 5.57. The maximum Gasteiger partial charge on any atom is 0.259 e. The molecule has 3 aromatic rings. The topological polar surface area (TPSA) is 85.2 Å². The molecule has 1 aliphatic rings. The zero-order valence-electron chi connectivity index (χ0n) is 15.3. The third-order valence-electron chi connectivity index (χ3n) is 4.76. The predicted molar refractivity (Wildman–Crippen MR) is 98.8 cm³/mol. The molecule has 0 radical (unpaired) electrons. The molecular weight excluding hydrogens is 356 g/mol. The molecule has 0 amide bonds. The van der Waals surface area contributed by atoms with E-state index in [4.69, 9.17) is 9.05 Å². The minimum atomic E-state index is 0. The van der Waals surface area contributed by atoms with Crippen molar-refractivity contribution in [1.82, 2.24) is 30.1 Å². The summed E-state index contributed by atoms with van der Waals surface area (Å²) < 4.78 is 12.8. The van der Waals surface area contributed by atoms with Crippen molar-refractivity contribution in [2.75, 3.05) is 26.7 Å². The van der Waals surface area contributed by atoms with Gasteiger partial charge in [0.2, 0.25) is 0 Å². The van der Waals surface area contributed by atoms with Crippen LogP contribution in [-0.4, -0.2) is 51.4 Å². The number of aromatic nitrogens is 4. The lowest BCUT2D eigenvalue weighted by molar-refractivity contribution is 0.190.